The Balaban J connectivity index is 1.27. The lowest BCUT2D eigenvalue weighted by Crippen LogP contribution is -2.56. The third-order valence-electron chi connectivity index (χ3n) is 6.53. The Morgan fingerprint density at radius 2 is 1.90 bits per heavy atom. The van der Waals surface area contributed by atoms with Crippen molar-refractivity contribution in [2.75, 3.05) is 46.4 Å². The number of nitrogens with zero attached hydrogens (tertiary/aromatic N) is 3. The normalized spacial score (nSPS) is 22.8. The van der Waals surface area contributed by atoms with Crippen LogP contribution >= 0.6 is 0 Å². The minimum absolute atomic E-state index is 0.0804. The predicted octanol–water partition coefficient (Wildman–Crippen LogP) is 3.74. The van der Waals surface area contributed by atoms with Gasteiger partial charge in [-0.3, -0.25) is 4.98 Å². The monoisotopic (exact) mass is 422 g/mol. The van der Waals surface area contributed by atoms with Gasteiger partial charge in [-0.1, -0.05) is 18.2 Å². The van der Waals surface area contributed by atoms with Crippen LogP contribution in [0.15, 0.2) is 66.3 Å². The molecule has 1 unspecified atom stereocenters. The molecule has 0 amide bonds. The number of ether oxygens (including phenoxy) is 2. The summed E-state index contributed by atoms with van der Waals surface area (Å²) < 4.78 is 26.1. The summed E-state index contributed by atoms with van der Waals surface area (Å²) in [5, 5.41) is 0. The first-order valence-corrected chi connectivity index (χ1v) is 11.0. The third kappa shape index (κ3) is 4.36. The smallest absolute Gasteiger partial charge is 0.148 e. The van der Waals surface area contributed by atoms with Crippen LogP contribution in [0, 0.1) is 5.82 Å². The third-order valence-corrected chi connectivity index (χ3v) is 6.53. The first-order valence-electron chi connectivity index (χ1n) is 11.0. The van der Waals surface area contributed by atoms with Gasteiger partial charge in [0.1, 0.15) is 30.8 Å². The number of hydrogen-bond acceptors (Lipinski definition) is 4. The number of aromatic nitrogens is 1. The van der Waals surface area contributed by atoms with Gasteiger partial charge in [-0.2, -0.15) is 0 Å². The number of allylic oxidation sites excluding steroid dienone is 1. The van der Waals surface area contributed by atoms with E-state index in [-0.39, 0.29) is 11.9 Å². The summed E-state index contributed by atoms with van der Waals surface area (Å²) in [6.45, 7) is 6.33. The number of piperazine rings is 1. The van der Waals surface area contributed by atoms with Gasteiger partial charge >= 0.3 is 0 Å². The van der Waals surface area contributed by atoms with E-state index in [1.54, 1.807) is 0 Å². The maximum Gasteiger partial charge on any atom is 0.148 e. The van der Waals surface area contributed by atoms with Crippen molar-refractivity contribution in [3.05, 3.63) is 77.7 Å². The highest BCUT2D eigenvalue weighted by molar-refractivity contribution is 5.62. The molecular weight excluding hydrogens is 393 g/mol. The number of benzene rings is 1. The molecule has 2 fully saturated rings. The Hall–Kier alpha value is -2.70. The summed E-state index contributed by atoms with van der Waals surface area (Å²) in [7, 11) is 2.32. The van der Waals surface area contributed by atoms with Crippen LogP contribution in [0.1, 0.15) is 12.0 Å². The highest BCUT2D eigenvalue weighted by atomic mass is 19.1. The second kappa shape index (κ2) is 8.44. The largest absolute Gasteiger partial charge is 0.491 e. The fourth-order valence-corrected chi connectivity index (χ4v) is 4.73. The van der Waals surface area contributed by atoms with Crippen molar-refractivity contribution in [1.29, 1.82) is 0 Å². The summed E-state index contributed by atoms with van der Waals surface area (Å²) in [4.78, 5) is 6.90. The average Bonchev–Trinajstić information content (AvgIpc) is 2.80. The number of quaternary nitrogens is 1. The van der Waals surface area contributed by atoms with Crippen molar-refractivity contribution in [3.63, 3.8) is 0 Å². The van der Waals surface area contributed by atoms with E-state index < -0.39 is 0 Å². The number of pyridine rings is 1. The topological polar surface area (TPSA) is 34.6 Å². The lowest BCUT2D eigenvalue weighted by molar-refractivity contribution is -0.926. The van der Waals surface area contributed by atoms with E-state index in [1.165, 1.54) is 23.4 Å². The van der Waals surface area contributed by atoms with E-state index in [1.807, 2.05) is 24.5 Å². The van der Waals surface area contributed by atoms with Gasteiger partial charge in [-0.25, -0.2) is 4.39 Å². The number of likely N-dealkylation sites (N-methyl/N-ethyl adjacent to an activating group) is 1. The highest BCUT2D eigenvalue weighted by Crippen LogP contribution is 2.30. The molecule has 5 rings (SSSR count). The lowest BCUT2D eigenvalue weighted by atomic mass is 10.0. The Bertz CT molecular complexity index is 994. The molecule has 31 heavy (non-hydrogen) atoms. The predicted molar refractivity (Wildman–Crippen MR) is 117 cm³/mol. The molecule has 3 heterocycles. The highest BCUT2D eigenvalue weighted by Gasteiger charge is 2.34. The van der Waals surface area contributed by atoms with Crippen LogP contribution < -0.4 is 0 Å². The minimum atomic E-state index is -0.218. The van der Waals surface area contributed by atoms with Crippen molar-refractivity contribution in [2.45, 2.75) is 19.1 Å². The number of hydrogen-bond donors (Lipinski definition) is 0. The van der Waals surface area contributed by atoms with E-state index in [0.717, 1.165) is 60.5 Å². The first-order chi connectivity index (χ1) is 15.1. The zero-order valence-corrected chi connectivity index (χ0v) is 18.0. The Kier molecular flexibility index (Phi) is 5.50. The summed E-state index contributed by atoms with van der Waals surface area (Å²) in [6.07, 6.45) is 9.18. The van der Waals surface area contributed by atoms with Crippen LogP contribution in [0.5, 0.6) is 0 Å². The van der Waals surface area contributed by atoms with Gasteiger partial charge in [0.15, 0.2) is 0 Å². The standard InChI is InChI=1S/C25H29FN3O2/c1-29(18-19-15-21(17-27-16-19)20-5-7-22(26)8-6-20)11-9-28(10-12-29)23-3-2-4-24-25(23)31-14-13-30-24/h2-3,5-8,15-17,24H,4,9-14,18H2,1H3/q+1. The molecule has 2 aromatic rings. The zero-order chi connectivity index (χ0) is 21.3. The summed E-state index contributed by atoms with van der Waals surface area (Å²) in [5.74, 6) is 0.796. The Morgan fingerprint density at radius 3 is 2.71 bits per heavy atom. The molecule has 162 valence electrons. The van der Waals surface area contributed by atoms with E-state index >= 15 is 0 Å². The van der Waals surface area contributed by atoms with Gasteiger partial charge in [0.25, 0.3) is 0 Å². The van der Waals surface area contributed by atoms with Crippen LogP contribution in [-0.2, 0) is 16.0 Å². The van der Waals surface area contributed by atoms with E-state index in [2.05, 4.69) is 35.1 Å². The maximum absolute atomic E-state index is 13.3. The van der Waals surface area contributed by atoms with Crippen LogP contribution in [0.3, 0.4) is 0 Å². The fraction of sp³-hybridized carbons (Fsp3) is 0.400. The van der Waals surface area contributed by atoms with Gasteiger partial charge in [-0.05, 0) is 36.3 Å². The lowest BCUT2D eigenvalue weighted by Gasteiger charge is -2.44. The number of halogens is 1. The Morgan fingerprint density at radius 1 is 1.10 bits per heavy atom. The van der Waals surface area contributed by atoms with Gasteiger partial charge in [-0.15, -0.1) is 0 Å². The van der Waals surface area contributed by atoms with Crippen molar-refractivity contribution in [2.24, 2.45) is 0 Å². The van der Waals surface area contributed by atoms with Crippen molar-refractivity contribution in [1.82, 2.24) is 9.88 Å². The second-order valence-corrected chi connectivity index (χ2v) is 8.90. The van der Waals surface area contributed by atoms with E-state index in [4.69, 9.17) is 9.47 Å². The number of fused-ring (bicyclic) bond motifs is 1. The molecule has 2 aliphatic heterocycles. The number of rotatable bonds is 4. The molecule has 5 nitrogen and oxygen atoms in total. The van der Waals surface area contributed by atoms with Crippen molar-refractivity contribution in [3.8, 4) is 11.1 Å². The van der Waals surface area contributed by atoms with Crippen molar-refractivity contribution >= 4 is 0 Å². The molecular formula is C25H29FN3O2+. The molecule has 1 aliphatic carbocycles. The average molecular weight is 423 g/mol. The molecule has 0 radical (unpaired) electrons. The summed E-state index contributed by atoms with van der Waals surface area (Å²) >= 11 is 0. The van der Waals surface area contributed by atoms with Crippen LogP contribution in [0.25, 0.3) is 11.1 Å². The molecule has 1 aromatic carbocycles. The molecule has 2 saturated heterocycles. The summed E-state index contributed by atoms with van der Waals surface area (Å²) in [6, 6.07) is 8.79. The zero-order valence-electron chi connectivity index (χ0n) is 18.0. The molecule has 0 spiro atoms. The molecule has 1 aromatic heterocycles. The van der Waals surface area contributed by atoms with Gasteiger partial charge in [0.2, 0.25) is 0 Å². The second-order valence-electron chi connectivity index (χ2n) is 8.90. The van der Waals surface area contributed by atoms with Gasteiger partial charge in [0.05, 0.1) is 45.5 Å². The first kappa shape index (κ1) is 20.2. The molecule has 0 bridgehead atoms. The summed E-state index contributed by atoms with van der Waals surface area (Å²) in [5.41, 5.74) is 4.43. The quantitative estimate of drug-likeness (QED) is 0.704. The van der Waals surface area contributed by atoms with Crippen LogP contribution in [-0.4, -0.2) is 66.9 Å². The maximum atomic E-state index is 13.3. The van der Waals surface area contributed by atoms with Crippen molar-refractivity contribution < 1.29 is 18.3 Å². The van der Waals surface area contributed by atoms with E-state index in [0.29, 0.717) is 13.2 Å². The van der Waals surface area contributed by atoms with E-state index in [9.17, 15) is 4.39 Å². The SMILES string of the molecule is C[N+]1(Cc2cncc(-c3ccc(F)cc3)c2)CCN(C2=C3OCCOC3CC=C2)CC1. The van der Waals surface area contributed by atoms with Gasteiger partial charge in [0, 0.05) is 23.5 Å². The Labute approximate surface area is 183 Å². The minimum Gasteiger partial charge on any atom is -0.491 e. The van der Waals surface area contributed by atoms with Crippen LogP contribution in [0.2, 0.25) is 0 Å². The molecule has 3 aliphatic rings. The molecule has 1 atom stereocenters. The molecule has 0 N–H and O–H groups in total. The molecule has 0 saturated carbocycles. The molecule has 6 heteroatoms. The van der Waals surface area contributed by atoms with Gasteiger partial charge < -0.3 is 18.9 Å². The fourth-order valence-electron chi connectivity index (χ4n) is 4.73. The van der Waals surface area contributed by atoms with Crippen LogP contribution in [0.4, 0.5) is 4.39 Å².